The van der Waals surface area contributed by atoms with Crippen molar-refractivity contribution in [3.8, 4) is 0 Å². The number of rotatable bonds is 5. The average molecular weight is 372 g/mol. The smallest absolute Gasteiger partial charge is 0.254 e. The number of nitrogens with zero attached hydrogens (tertiary/aromatic N) is 4. The molecule has 1 aromatic heterocycles. The van der Waals surface area contributed by atoms with Crippen molar-refractivity contribution in [2.45, 2.75) is 13.5 Å². The maximum Gasteiger partial charge on any atom is 0.254 e. The highest BCUT2D eigenvalue weighted by Gasteiger charge is 2.17. The third kappa shape index (κ3) is 3.67. The van der Waals surface area contributed by atoms with E-state index in [2.05, 4.69) is 15.6 Å². The van der Waals surface area contributed by atoms with Crippen LogP contribution in [-0.2, 0) is 11.3 Å². The van der Waals surface area contributed by atoms with Gasteiger partial charge in [-0.05, 0) is 37.3 Å². The van der Waals surface area contributed by atoms with Crippen molar-refractivity contribution in [2.75, 3.05) is 18.9 Å². The van der Waals surface area contributed by atoms with Gasteiger partial charge in [-0.25, -0.2) is 4.68 Å². The molecule has 0 aliphatic heterocycles. The number of anilines is 1. The van der Waals surface area contributed by atoms with Gasteiger partial charge in [-0.2, -0.15) is 0 Å². The van der Waals surface area contributed by atoms with Crippen LogP contribution in [0.1, 0.15) is 17.3 Å². The van der Waals surface area contributed by atoms with Gasteiger partial charge in [0.05, 0.1) is 22.8 Å². The molecule has 0 fully saturated rings. The van der Waals surface area contributed by atoms with Crippen LogP contribution >= 0.6 is 11.6 Å². The number of halogens is 1. The summed E-state index contributed by atoms with van der Waals surface area (Å²) in [6, 6.07) is 12.1. The van der Waals surface area contributed by atoms with Crippen LogP contribution in [0.15, 0.2) is 42.5 Å². The number of fused-ring (bicyclic) bond motifs is 1. The molecule has 134 valence electrons. The zero-order chi connectivity index (χ0) is 18.7. The Labute approximate surface area is 155 Å². The van der Waals surface area contributed by atoms with Crippen molar-refractivity contribution in [3.05, 3.63) is 53.1 Å². The molecule has 0 atom stereocenters. The standard InChI is InChI=1S/C18H18ClN5O2/c1-3-24-16-9-8-12(10-15(16)21-22-24)18(26)23(2)11-17(25)20-14-7-5-4-6-13(14)19/h4-10H,3,11H2,1-2H3,(H,20,25). The molecule has 1 N–H and O–H groups in total. The highest BCUT2D eigenvalue weighted by atomic mass is 35.5. The molecule has 8 heteroatoms. The Hall–Kier alpha value is -2.93. The minimum atomic E-state index is -0.327. The molecule has 1 heterocycles. The van der Waals surface area contributed by atoms with Crippen LogP contribution in [0.4, 0.5) is 5.69 Å². The Morgan fingerprint density at radius 3 is 2.73 bits per heavy atom. The minimum absolute atomic E-state index is 0.0935. The number of hydrogen-bond acceptors (Lipinski definition) is 4. The number of para-hydroxylation sites is 1. The molecule has 0 saturated carbocycles. The van der Waals surface area contributed by atoms with Crippen LogP contribution in [0.5, 0.6) is 0 Å². The number of carbonyl (C=O) groups is 2. The Morgan fingerprint density at radius 1 is 1.23 bits per heavy atom. The van der Waals surface area contributed by atoms with Crippen molar-refractivity contribution >= 4 is 40.1 Å². The highest BCUT2D eigenvalue weighted by Crippen LogP contribution is 2.20. The second-order valence-corrected chi connectivity index (χ2v) is 6.21. The summed E-state index contributed by atoms with van der Waals surface area (Å²) in [6.45, 7) is 2.58. The van der Waals surface area contributed by atoms with Crippen LogP contribution in [0, 0.1) is 0 Å². The fourth-order valence-corrected chi connectivity index (χ4v) is 2.78. The summed E-state index contributed by atoms with van der Waals surface area (Å²) in [6.07, 6.45) is 0. The van der Waals surface area contributed by atoms with Gasteiger partial charge >= 0.3 is 0 Å². The second kappa shape index (κ2) is 7.53. The van der Waals surface area contributed by atoms with E-state index in [1.54, 1.807) is 48.1 Å². The lowest BCUT2D eigenvalue weighted by Gasteiger charge is -2.17. The quantitative estimate of drug-likeness (QED) is 0.747. The summed E-state index contributed by atoms with van der Waals surface area (Å²) in [4.78, 5) is 26.1. The summed E-state index contributed by atoms with van der Waals surface area (Å²) in [5.74, 6) is -0.598. The average Bonchev–Trinajstić information content (AvgIpc) is 3.05. The molecular weight excluding hydrogens is 354 g/mol. The first kappa shape index (κ1) is 17.9. The van der Waals surface area contributed by atoms with Crippen LogP contribution in [-0.4, -0.2) is 45.3 Å². The predicted molar refractivity (Wildman–Crippen MR) is 100 cm³/mol. The largest absolute Gasteiger partial charge is 0.332 e. The number of nitrogens with one attached hydrogen (secondary N) is 1. The molecule has 26 heavy (non-hydrogen) atoms. The highest BCUT2D eigenvalue weighted by molar-refractivity contribution is 6.33. The molecule has 3 rings (SSSR count). The first-order valence-corrected chi connectivity index (χ1v) is 8.50. The third-order valence-electron chi connectivity index (χ3n) is 3.94. The summed E-state index contributed by atoms with van der Waals surface area (Å²) in [5.41, 5.74) is 2.47. The van der Waals surface area contributed by atoms with Crippen LogP contribution < -0.4 is 5.32 Å². The molecule has 0 saturated heterocycles. The van der Waals surface area contributed by atoms with Gasteiger partial charge in [-0.1, -0.05) is 28.9 Å². The summed E-state index contributed by atoms with van der Waals surface area (Å²) >= 11 is 6.02. The molecule has 2 aromatic carbocycles. The van der Waals surface area contributed by atoms with Gasteiger partial charge in [-0.3, -0.25) is 9.59 Å². The third-order valence-corrected chi connectivity index (χ3v) is 4.27. The predicted octanol–water partition coefficient (Wildman–Crippen LogP) is 2.82. The maximum absolute atomic E-state index is 12.6. The molecule has 0 aliphatic carbocycles. The van der Waals surface area contributed by atoms with E-state index in [1.807, 2.05) is 13.0 Å². The minimum Gasteiger partial charge on any atom is -0.332 e. The van der Waals surface area contributed by atoms with Crippen molar-refractivity contribution in [1.29, 1.82) is 0 Å². The number of amides is 2. The Balaban J connectivity index is 1.69. The molecule has 0 radical (unpaired) electrons. The van der Waals surface area contributed by atoms with Crippen LogP contribution in [0.2, 0.25) is 5.02 Å². The van der Waals surface area contributed by atoms with Gasteiger partial charge in [-0.15, -0.1) is 5.10 Å². The first-order valence-electron chi connectivity index (χ1n) is 8.12. The fraction of sp³-hybridized carbons (Fsp3) is 0.222. The molecule has 0 bridgehead atoms. The lowest BCUT2D eigenvalue weighted by atomic mass is 10.1. The molecule has 0 aliphatic rings. The van der Waals surface area contributed by atoms with E-state index in [0.717, 1.165) is 5.52 Å². The van der Waals surface area contributed by atoms with E-state index in [9.17, 15) is 9.59 Å². The number of aryl methyl sites for hydroxylation is 1. The molecule has 3 aromatic rings. The van der Waals surface area contributed by atoms with E-state index in [1.165, 1.54) is 4.90 Å². The van der Waals surface area contributed by atoms with E-state index in [0.29, 0.717) is 28.3 Å². The second-order valence-electron chi connectivity index (χ2n) is 5.80. The van der Waals surface area contributed by atoms with Gasteiger partial charge < -0.3 is 10.2 Å². The van der Waals surface area contributed by atoms with E-state index in [-0.39, 0.29) is 18.4 Å². The number of aromatic nitrogens is 3. The van der Waals surface area contributed by atoms with Gasteiger partial charge in [0, 0.05) is 19.2 Å². The van der Waals surface area contributed by atoms with Crippen molar-refractivity contribution in [3.63, 3.8) is 0 Å². The molecule has 7 nitrogen and oxygen atoms in total. The van der Waals surface area contributed by atoms with E-state index >= 15 is 0 Å². The van der Waals surface area contributed by atoms with Gasteiger partial charge in [0.2, 0.25) is 5.91 Å². The Kier molecular flexibility index (Phi) is 5.18. The van der Waals surface area contributed by atoms with E-state index < -0.39 is 0 Å². The lowest BCUT2D eigenvalue weighted by Crippen LogP contribution is -2.35. The molecule has 0 spiro atoms. The SMILES string of the molecule is CCn1nnc2cc(C(=O)N(C)CC(=O)Nc3ccccc3Cl)ccc21. The fourth-order valence-electron chi connectivity index (χ4n) is 2.60. The maximum atomic E-state index is 12.6. The summed E-state index contributed by atoms with van der Waals surface area (Å²) in [7, 11) is 1.57. The number of carbonyl (C=O) groups excluding carboxylic acids is 2. The van der Waals surface area contributed by atoms with Crippen LogP contribution in [0.25, 0.3) is 11.0 Å². The van der Waals surface area contributed by atoms with Gasteiger partial charge in [0.15, 0.2) is 0 Å². The van der Waals surface area contributed by atoms with Gasteiger partial charge in [0.25, 0.3) is 5.91 Å². The van der Waals surface area contributed by atoms with Crippen molar-refractivity contribution < 1.29 is 9.59 Å². The number of benzene rings is 2. The zero-order valence-corrected chi connectivity index (χ0v) is 15.2. The normalized spacial score (nSPS) is 10.7. The monoisotopic (exact) mass is 371 g/mol. The Bertz CT molecular complexity index is 969. The molecule has 2 amide bonds. The molecule has 0 unspecified atom stereocenters. The van der Waals surface area contributed by atoms with Crippen LogP contribution in [0.3, 0.4) is 0 Å². The van der Waals surface area contributed by atoms with E-state index in [4.69, 9.17) is 11.6 Å². The Morgan fingerprint density at radius 2 is 2.00 bits per heavy atom. The first-order chi connectivity index (χ1) is 12.5. The zero-order valence-electron chi connectivity index (χ0n) is 14.4. The number of likely N-dealkylation sites (N-methyl/N-ethyl adjacent to an activating group) is 1. The topological polar surface area (TPSA) is 80.1 Å². The number of hydrogen-bond donors (Lipinski definition) is 1. The van der Waals surface area contributed by atoms with Gasteiger partial charge in [0.1, 0.15) is 5.52 Å². The van der Waals surface area contributed by atoms with Crippen molar-refractivity contribution in [1.82, 2.24) is 19.9 Å². The lowest BCUT2D eigenvalue weighted by molar-refractivity contribution is -0.116. The molecular formula is C18H18ClN5O2. The summed E-state index contributed by atoms with van der Waals surface area (Å²) < 4.78 is 1.75. The summed E-state index contributed by atoms with van der Waals surface area (Å²) in [5, 5.41) is 11.2. The van der Waals surface area contributed by atoms with Crippen molar-refractivity contribution in [2.24, 2.45) is 0 Å².